The first-order valence-corrected chi connectivity index (χ1v) is 10.3. The molecular formula is C25H32N2OW. The molecule has 1 aliphatic rings. The maximum absolute atomic E-state index is 12.9. The van der Waals surface area contributed by atoms with Gasteiger partial charge in [-0.1, -0.05) is 60.7 Å². The van der Waals surface area contributed by atoms with Crippen LogP contribution in [-0.4, -0.2) is 48.4 Å². The summed E-state index contributed by atoms with van der Waals surface area (Å²) >= 11 is 0. The van der Waals surface area contributed by atoms with Crippen molar-refractivity contribution < 1.29 is 25.9 Å². The zero-order chi connectivity index (χ0) is 19.8. The SMILES string of the molecule is [CH2-]CN(C[CH2-])CCCC1(c2ccccc2)CCN(C(=O)Cc2ccccc2)C1.[W+2]. The van der Waals surface area contributed by atoms with Gasteiger partial charge in [-0.2, -0.15) is 0 Å². The molecule has 3 nitrogen and oxygen atoms in total. The van der Waals surface area contributed by atoms with Gasteiger partial charge >= 0.3 is 21.1 Å². The largest absolute Gasteiger partial charge is 2.00 e. The molecular weight excluding hydrogens is 528 g/mol. The molecule has 1 amide bonds. The first kappa shape index (κ1) is 23.8. The Bertz CT molecular complexity index is 733. The Hall–Kier alpha value is -1.44. The van der Waals surface area contributed by atoms with Gasteiger partial charge in [-0.3, -0.25) is 4.79 Å². The van der Waals surface area contributed by atoms with E-state index in [2.05, 4.69) is 54.0 Å². The molecule has 1 unspecified atom stereocenters. The van der Waals surface area contributed by atoms with Crippen LogP contribution in [-0.2, 0) is 37.7 Å². The van der Waals surface area contributed by atoms with Crippen molar-refractivity contribution in [1.29, 1.82) is 0 Å². The molecule has 2 aromatic rings. The molecule has 0 aliphatic carbocycles. The zero-order valence-corrected chi connectivity index (χ0v) is 20.2. The molecule has 2 aromatic carbocycles. The molecule has 1 atom stereocenters. The minimum atomic E-state index is 0. The third-order valence-corrected chi connectivity index (χ3v) is 6.05. The van der Waals surface area contributed by atoms with Crippen molar-refractivity contribution in [3.8, 4) is 0 Å². The fourth-order valence-corrected chi connectivity index (χ4v) is 4.32. The fourth-order valence-electron chi connectivity index (χ4n) is 4.32. The third kappa shape index (κ3) is 6.27. The molecule has 0 spiro atoms. The number of rotatable bonds is 9. The Morgan fingerprint density at radius 1 is 1.00 bits per heavy atom. The molecule has 1 saturated heterocycles. The first-order chi connectivity index (χ1) is 13.7. The van der Waals surface area contributed by atoms with Crippen LogP contribution in [0.1, 0.15) is 30.4 Å². The number of carbonyl (C=O) groups is 1. The number of hydrogen-bond acceptors (Lipinski definition) is 2. The molecule has 0 N–H and O–H groups in total. The van der Waals surface area contributed by atoms with Crippen molar-refractivity contribution in [2.75, 3.05) is 32.7 Å². The Morgan fingerprint density at radius 3 is 2.24 bits per heavy atom. The molecule has 3 rings (SSSR count). The van der Waals surface area contributed by atoms with E-state index in [0.717, 1.165) is 57.5 Å². The minimum Gasteiger partial charge on any atom is -0.363 e. The van der Waals surface area contributed by atoms with Gasteiger partial charge in [-0.25, -0.2) is 0 Å². The molecule has 0 bridgehead atoms. The number of amides is 1. The Morgan fingerprint density at radius 2 is 1.62 bits per heavy atom. The Balaban J connectivity index is 0.00000300. The minimum absolute atomic E-state index is 0. The summed E-state index contributed by atoms with van der Waals surface area (Å²) in [5, 5.41) is 0. The molecule has 1 aliphatic heterocycles. The van der Waals surface area contributed by atoms with E-state index in [1.165, 1.54) is 5.56 Å². The quantitative estimate of drug-likeness (QED) is 0.431. The second-order valence-electron chi connectivity index (χ2n) is 7.82. The average molecular weight is 560 g/mol. The molecule has 0 radical (unpaired) electrons. The van der Waals surface area contributed by atoms with Crippen LogP contribution in [0, 0.1) is 13.8 Å². The van der Waals surface area contributed by atoms with E-state index in [1.54, 1.807) is 0 Å². The zero-order valence-electron chi connectivity index (χ0n) is 17.3. The fraction of sp³-hybridized carbons (Fsp3) is 0.400. The topological polar surface area (TPSA) is 23.6 Å². The number of carbonyl (C=O) groups excluding carboxylic acids is 1. The van der Waals surface area contributed by atoms with Crippen LogP contribution in [0.2, 0.25) is 0 Å². The molecule has 1 fully saturated rings. The smallest absolute Gasteiger partial charge is 0.363 e. The van der Waals surface area contributed by atoms with Crippen LogP contribution in [0.15, 0.2) is 60.7 Å². The molecule has 1 heterocycles. The van der Waals surface area contributed by atoms with E-state index in [9.17, 15) is 4.79 Å². The maximum Gasteiger partial charge on any atom is 2.00 e. The van der Waals surface area contributed by atoms with E-state index in [4.69, 9.17) is 0 Å². The molecule has 0 aromatic heterocycles. The van der Waals surface area contributed by atoms with Crippen LogP contribution >= 0.6 is 0 Å². The third-order valence-electron chi connectivity index (χ3n) is 6.05. The molecule has 4 heteroatoms. The van der Waals surface area contributed by atoms with Crippen molar-refractivity contribution in [2.24, 2.45) is 0 Å². The van der Waals surface area contributed by atoms with E-state index in [0.29, 0.717) is 6.42 Å². The Labute approximate surface area is 190 Å². The maximum atomic E-state index is 12.9. The summed E-state index contributed by atoms with van der Waals surface area (Å²) in [6, 6.07) is 20.8. The van der Waals surface area contributed by atoms with E-state index < -0.39 is 0 Å². The van der Waals surface area contributed by atoms with Gasteiger partial charge in [-0.05, 0) is 36.9 Å². The van der Waals surface area contributed by atoms with Gasteiger partial charge in [0.05, 0.1) is 6.42 Å². The number of benzene rings is 2. The van der Waals surface area contributed by atoms with Gasteiger partial charge in [-0.15, -0.1) is 13.1 Å². The predicted molar refractivity (Wildman–Crippen MR) is 116 cm³/mol. The standard InChI is InChI=1S/C25H32N2O.W/c1-3-26(4-2)18-11-16-25(23-14-9-6-10-15-23)17-19-27(21-25)24(28)20-22-12-7-5-8-13-22;/h5-10,12-15H,1-4,11,16-21H2;/q-2;+2. The summed E-state index contributed by atoms with van der Waals surface area (Å²) in [7, 11) is 0. The van der Waals surface area contributed by atoms with Gasteiger partial charge in [0.25, 0.3) is 0 Å². The van der Waals surface area contributed by atoms with Gasteiger partial charge < -0.3 is 23.6 Å². The second kappa shape index (κ2) is 11.7. The predicted octanol–water partition coefficient (Wildman–Crippen LogP) is 4.15. The van der Waals surface area contributed by atoms with Crippen LogP contribution in [0.4, 0.5) is 0 Å². The Kier molecular flexibility index (Phi) is 9.59. The summed E-state index contributed by atoms with van der Waals surface area (Å²) in [6.45, 7) is 12.2. The molecule has 29 heavy (non-hydrogen) atoms. The first-order valence-electron chi connectivity index (χ1n) is 10.3. The summed E-state index contributed by atoms with van der Waals surface area (Å²) in [5.74, 6) is 0.237. The summed E-state index contributed by atoms with van der Waals surface area (Å²) in [6.07, 6.45) is 3.71. The monoisotopic (exact) mass is 560 g/mol. The normalized spacial score (nSPS) is 18.7. The summed E-state index contributed by atoms with van der Waals surface area (Å²) < 4.78 is 0. The van der Waals surface area contributed by atoms with Crippen LogP contribution in [0.5, 0.6) is 0 Å². The number of hydrogen-bond donors (Lipinski definition) is 0. The average Bonchev–Trinajstić information content (AvgIpc) is 3.18. The molecule has 154 valence electrons. The van der Waals surface area contributed by atoms with Crippen molar-refractivity contribution >= 4 is 5.91 Å². The van der Waals surface area contributed by atoms with E-state index in [1.807, 2.05) is 30.3 Å². The van der Waals surface area contributed by atoms with Crippen molar-refractivity contribution in [3.05, 3.63) is 85.6 Å². The number of likely N-dealkylation sites (tertiary alicyclic amines) is 1. The number of nitrogens with zero attached hydrogens (tertiary/aromatic N) is 2. The van der Waals surface area contributed by atoms with E-state index >= 15 is 0 Å². The van der Waals surface area contributed by atoms with Crippen LogP contribution in [0.25, 0.3) is 0 Å². The second-order valence-corrected chi connectivity index (χ2v) is 7.82. The summed E-state index contributed by atoms with van der Waals surface area (Å²) in [5.41, 5.74) is 2.51. The van der Waals surface area contributed by atoms with Crippen LogP contribution in [0.3, 0.4) is 0 Å². The van der Waals surface area contributed by atoms with Crippen LogP contribution < -0.4 is 0 Å². The summed E-state index contributed by atoms with van der Waals surface area (Å²) in [4.78, 5) is 17.2. The van der Waals surface area contributed by atoms with Gasteiger partial charge in [0, 0.05) is 18.5 Å². The van der Waals surface area contributed by atoms with E-state index in [-0.39, 0.29) is 32.4 Å². The van der Waals surface area contributed by atoms with Gasteiger partial charge in [0.2, 0.25) is 5.91 Å². The van der Waals surface area contributed by atoms with Gasteiger partial charge in [0.15, 0.2) is 0 Å². The van der Waals surface area contributed by atoms with Crippen molar-refractivity contribution in [1.82, 2.24) is 9.80 Å². The van der Waals surface area contributed by atoms with Crippen molar-refractivity contribution in [2.45, 2.75) is 31.1 Å². The van der Waals surface area contributed by atoms with Gasteiger partial charge in [0.1, 0.15) is 0 Å². The molecule has 0 saturated carbocycles. The van der Waals surface area contributed by atoms with Crippen molar-refractivity contribution in [3.63, 3.8) is 0 Å².